The molecule has 0 spiro atoms. The molecule has 3 aromatic carbocycles. The molecule has 2 atom stereocenters. The summed E-state index contributed by atoms with van der Waals surface area (Å²) in [4.78, 5) is 10.9. The monoisotopic (exact) mass is 432 g/mol. The smallest absolute Gasteiger partial charge is 0.293 e. The van der Waals surface area contributed by atoms with Gasteiger partial charge in [0.05, 0.1) is 14.2 Å². The molecule has 32 heavy (non-hydrogen) atoms. The number of oxime groups is 2. The topological polar surface area (TPSA) is 80.1 Å². The van der Waals surface area contributed by atoms with Crippen molar-refractivity contribution in [2.24, 2.45) is 10.3 Å². The maximum absolute atomic E-state index is 5.86. The predicted molar refractivity (Wildman–Crippen MR) is 115 cm³/mol. The molecule has 3 aromatic rings. The lowest BCUT2D eigenvalue weighted by Gasteiger charge is -2.11. The van der Waals surface area contributed by atoms with Gasteiger partial charge in [0.25, 0.3) is 24.4 Å². The summed E-state index contributed by atoms with van der Waals surface area (Å²) in [6.07, 6.45) is -1.20. The van der Waals surface area contributed by atoms with Crippen molar-refractivity contribution in [1.82, 2.24) is 0 Å². The van der Waals surface area contributed by atoms with Crippen molar-refractivity contribution in [3.05, 3.63) is 95.1 Å². The highest BCUT2D eigenvalue weighted by Gasteiger charge is 2.27. The minimum Gasteiger partial charge on any atom is -0.497 e. The van der Waals surface area contributed by atoms with Crippen molar-refractivity contribution >= 4 is 11.8 Å². The average Bonchev–Trinajstić information content (AvgIpc) is 3.55. The van der Waals surface area contributed by atoms with Crippen LogP contribution < -0.4 is 9.47 Å². The van der Waals surface area contributed by atoms with Gasteiger partial charge in [0, 0.05) is 22.3 Å². The van der Waals surface area contributed by atoms with Gasteiger partial charge in [0.2, 0.25) is 0 Å². The van der Waals surface area contributed by atoms with Gasteiger partial charge in [0.1, 0.15) is 11.5 Å². The predicted octanol–water partition coefficient (Wildman–Crippen LogP) is 4.52. The molecule has 2 heterocycles. The van der Waals surface area contributed by atoms with E-state index in [-0.39, 0.29) is 0 Å². The maximum atomic E-state index is 5.86. The lowest BCUT2D eigenvalue weighted by atomic mass is 10.1. The number of ether oxygens (including phenoxy) is 4. The zero-order valence-electron chi connectivity index (χ0n) is 17.4. The first-order valence-electron chi connectivity index (χ1n) is 9.93. The first kappa shape index (κ1) is 19.7. The van der Waals surface area contributed by atoms with E-state index in [0.29, 0.717) is 11.8 Å². The van der Waals surface area contributed by atoms with Gasteiger partial charge in [-0.2, -0.15) is 0 Å². The quantitative estimate of drug-likeness (QED) is 0.570. The minimum atomic E-state index is -0.600. The van der Waals surface area contributed by atoms with Crippen LogP contribution in [0.1, 0.15) is 34.8 Å². The van der Waals surface area contributed by atoms with Crippen LogP contribution >= 0.6 is 0 Å². The average molecular weight is 432 g/mol. The van der Waals surface area contributed by atoms with Gasteiger partial charge < -0.3 is 28.6 Å². The Kier molecular flexibility index (Phi) is 5.25. The molecule has 162 valence electrons. The Morgan fingerprint density at radius 1 is 0.562 bits per heavy atom. The largest absolute Gasteiger partial charge is 0.497 e. The van der Waals surface area contributed by atoms with Gasteiger partial charge in [-0.3, -0.25) is 0 Å². The first-order chi connectivity index (χ1) is 15.7. The van der Waals surface area contributed by atoms with Crippen LogP contribution in [0.4, 0.5) is 0 Å². The Bertz CT molecular complexity index is 1050. The van der Waals surface area contributed by atoms with Crippen LogP contribution in [0.5, 0.6) is 11.5 Å². The molecule has 5 rings (SSSR count). The third-order valence-corrected chi connectivity index (χ3v) is 5.05. The maximum Gasteiger partial charge on any atom is 0.293 e. The van der Waals surface area contributed by atoms with Crippen LogP contribution in [-0.2, 0) is 19.1 Å². The Balaban J connectivity index is 1.22. The molecule has 8 heteroatoms. The molecule has 0 bridgehead atoms. The van der Waals surface area contributed by atoms with Gasteiger partial charge in [-0.1, -0.05) is 0 Å². The van der Waals surface area contributed by atoms with Crippen LogP contribution in [0, 0.1) is 0 Å². The number of nitrogens with zero attached hydrogens (tertiary/aromatic N) is 2. The minimum absolute atomic E-state index is 0.402. The van der Waals surface area contributed by atoms with Crippen LogP contribution in [0.2, 0.25) is 0 Å². The molecule has 0 aliphatic carbocycles. The second kappa shape index (κ2) is 8.50. The van der Waals surface area contributed by atoms with Gasteiger partial charge in [0.15, 0.2) is 0 Å². The van der Waals surface area contributed by atoms with Crippen molar-refractivity contribution in [2.45, 2.75) is 12.6 Å². The first-order valence-corrected chi connectivity index (χ1v) is 9.93. The lowest BCUT2D eigenvalue weighted by Crippen LogP contribution is -2.08. The molecule has 8 nitrogen and oxygen atoms in total. The van der Waals surface area contributed by atoms with E-state index in [2.05, 4.69) is 10.3 Å². The molecule has 0 N–H and O–H groups in total. The van der Waals surface area contributed by atoms with Crippen molar-refractivity contribution in [3.63, 3.8) is 0 Å². The summed E-state index contributed by atoms with van der Waals surface area (Å²) in [7, 11) is 3.24. The normalized spacial score (nSPS) is 19.1. The molecule has 0 aromatic heterocycles. The lowest BCUT2D eigenvalue weighted by molar-refractivity contribution is -0.0501. The zero-order chi connectivity index (χ0) is 21.9. The van der Waals surface area contributed by atoms with E-state index in [1.54, 1.807) is 14.2 Å². The van der Waals surface area contributed by atoms with E-state index in [4.69, 9.17) is 28.6 Å². The fourth-order valence-corrected chi connectivity index (χ4v) is 3.26. The number of rotatable bonds is 6. The third kappa shape index (κ3) is 3.90. The molecule has 0 fully saturated rings. The number of methoxy groups -OCH3 is 2. The number of hydrogen-bond acceptors (Lipinski definition) is 8. The van der Waals surface area contributed by atoms with E-state index in [1.807, 2.05) is 72.8 Å². The van der Waals surface area contributed by atoms with E-state index >= 15 is 0 Å². The summed E-state index contributed by atoms with van der Waals surface area (Å²) in [6.45, 7) is 0. The van der Waals surface area contributed by atoms with Crippen molar-refractivity contribution in [2.75, 3.05) is 14.2 Å². The molecule has 0 radical (unpaired) electrons. The summed E-state index contributed by atoms with van der Waals surface area (Å²) in [5.74, 6) is 2.33. The van der Waals surface area contributed by atoms with E-state index < -0.39 is 12.6 Å². The Hall–Kier alpha value is -4.20. The Labute approximate surface area is 184 Å². The molecule has 2 aliphatic heterocycles. The van der Waals surface area contributed by atoms with Gasteiger partial charge in [-0.05, 0) is 83.1 Å². The number of hydrogen-bond donors (Lipinski definition) is 0. The summed E-state index contributed by atoms with van der Waals surface area (Å²) >= 11 is 0. The van der Waals surface area contributed by atoms with E-state index in [0.717, 1.165) is 33.8 Å². The molecule has 0 saturated heterocycles. The zero-order valence-corrected chi connectivity index (χ0v) is 17.4. The van der Waals surface area contributed by atoms with Crippen LogP contribution in [0.15, 0.2) is 83.1 Å². The Morgan fingerprint density at radius 2 is 0.938 bits per heavy atom. The van der Waals surface area contributed by atoms with Gasteiger partial charge >= 0.3 is 0 Å². The fraction of sp³-hybridized carbons (Fsp3) is 0.167. The summed E-state index contributed by atoms with van der Waals surface area (Å²) in [5, 5.41) is 8.13. The van der Waals surface area contributed by atoms with Crippen LogP contribution in [-0.4, -0.2) is 26.0 Å². The second-order valence-electron chi connectivity index (χ2n) is 7.03. The Morgan fingerprint density at radius 3 is 1.28 bits per heavy atom. The van der Waals surface area contributed by atoms with Gasteiger partial charge in [-0.15, -0.1) is 0 Å². The van der Waals surface area contributed by atoms with Crippen LogP contribution in [0.3, 0.4) is 0 Å². The fourth-order valence-electron chi connectivity index (χ4n) is 3.26. The second-order valence-corrected chi connectivity index (χ2v) is 7.03. The molecular formula is C24H20N2O6. The molecule has 0 saturated carbocycles. The van der Waals surface area contributed by atoms with E-state index in [1.165, 1.54) is 0 Å². The third-order valence-electron chi connectivity index (χ3n) is 5.05. The standard InChI is InChI=1S/C24H20N2O6/c1-27-19-11-7-17(8-12-19)23-29-21(25-31-23)15-3-5-16(6-4-15)22-26-32-24(30-22)18-9-13-20(28-2)14-10-18/h3-14,23-24H,1-2H3. The highest BCUT2D eigenvalue weighted by atomic mass is 16.8. The summed E-state index contributed by atoms with van der Waals surface area (Å²) < 4.78 is 22.1. The van der Waals surface area contributed by atoms with Crippen LogP contribution in [0.25, 0.3) is 0 Å². The van der Waals surface area contributed by atoms with Crippen molar-refractivity contribution in [1.29, 1.82) is 0 Å². The molecule has 2 aliphatic rings. The molecule has 0 amide bonds. The van der Waals surface area contributed by atoms with Crippen molar-refractivity contribution in [3.8, 4) is 11.5 Å². The molecular weight excluding hydrogens is 412 g/mol. The SMILES string of the molecule is COc1ccc(C2ON=C(c3ccc(C4=NOC(c5ccc(OC)cc5)O4)cc3)O2)cc1. The number of benzene rings is 3. The summed E-state index contributed by atoms with van der Waals surface area (Å²) in [5.41, 5.74) is 3.24. The molecule has 2 unspecified atom stereocenters. The van der Waals surface area contributed by atoms with E-state index in [9.17, 15) is 0 Å². The highest BCUT2D eigenvalue weighted by molar-refractivity contribution is 5.98. The summed E-state index contributed by atoms with van der Waals surface area (Å²) in [6, 6.07) is 22.3. The highest BCUT2D eigenvalue weighted by Crippen LogP contribution is 2.30. The van der Waals surface area contributed by atoms with Gasteiger partial charge in [-0.25, -0.2) is 0 Å². The van der Waals surface area contributed by atoms with Crippen molar-refractivity contribution < 1.29 is 28.6 Å².